The van der Waals surface area contributed by atoms with Crippen molar-refractivity contribution in [3.63, 3.8) is 0 Å². The molecule has 4 nitrogen and oxygen atoms in total. The fourth-order valence-electron chi connectivity index (χ4n) is 1.20. The van der Waals surface area contributed by atoms with Gasteiger partial charge in [0.1, 0.15) is 0 Å². The van der Waals surface area contributed by atoms with Gasteiger partial charge in [0.2, 0.25) is 0 Å². The first kappa shape index (κ1) is 28.1. The molecular weight excluding hydrogens is 312 g/mol. The van der Waals surface area contributed by atoms with Crippen LogP contribution < -0.4 is 0 Å². The van der Waals surface area contributed by atoms with Gasteiger partial charge in [-0.3, -0.25) is 0 Å². The monoisotopic (exact) mass is 329 g/mol. The molecule has 1 rings (SSSR count). The molecule has 0 spiro atoms. The van der Waals surface area contributed by atoms with Crippen LogP contribution >= 0.6 is 0 Å². The predicted molar refractivity (Wildman–Crippen MR) is 70.6 cm³/mol. The van der Waals surface area contributed by atoms with E-state index in [1.165, 1.54) is 0 Å². The Kier molecular flexibility index (Phi) is 36.6. The molecule has 0 heterocycles. The van der Waals surface area contributed by atoms with Gasteiger partial charge in [-0.25, -0.2) is 0 Å². The minimum absolute atomic E-state index is 0. The van der Waals surface area contributed by atoms with Crippen LogP contribution in [0.1, 0.15) is 31.7 Å². The van der Waals surface area contributed by atoms with Gasteiger partial charge in [-0.15, -0.1) is 0 Å². The molecule has 1 aromatic carbocycles. The van der Waals surface area contributed by atoms with E-state index in [4.69, 9.17) is 14.0 Å². The number of unbranched alkanes of at least 4 members (excludes halogenated alkanes) is 1. The van der Waals surface area contributed by atoms with E-state index in [1.54, 1.807) is 6.42 Å². The molecule has 1 aromatic rings. The van der Waals surface area contributed by atoms with Gasteiger partial charge < -0.3 is 5.11 Å². The number of aliphatic hydroxyl groups is 1. The molecule has 5 heteroatoms. The van der Waals surface area contributed by atoms with Crippen molar-refractivity contribution < 1.29 is 36.1 Å². The molecule has 3 radical (unpaired) electrons. The van der Waals surface area contributed by atoms with Gasteiger partial charge >= 0.3 is 33.9 Å². The van der Waals surface area contributed by atoms with Crippen molar-refractivity contribution in [2.75, 3.05) is 0 Å². The van der Waals surface area contributed by atoms with Crippen molar-refractivity contribution >= 4 is 0 Å². The van der Waals surface area contributed by atoms with Crippen molar-refractivity contribution in [2.24, 2.45) is 0 Å². The second-order valence-electron chi connectivity index (χ2n) is 3.34. The second kappa shape index (κ2) is 27.3. The van der Waals surface area contributed by atoms with Gasteiger partial charge in [0.25, 0.3) is 0 Å². The van der Waals surface area contributed by atoms with Crippen molar-refractivity contribution in [3.05, 3.63) is 74.8 Å². The zero-order valence-electron chi connectivity index (χ0n) is 11.7. The molecule has 0 saturated heterocycles. The summed E-state index contributed by atoms with van der Waals surface area (Å²) in [4.78, 5) is 0. The third-order valence-corrected chi connectivity index (χ3v) is 2.05. The first-order valence-corrected chi connectivity index (χ1v) is 5.72. The van der Waals surface area contributed by atoms with E-state index in [-0.39, 0.29) is 17.1 Å². The maximum absolute atomic E-state index is 9.47. The number of hydrogen-bond donors (Lipinski definition) is 1. The van der Waals surface area contributed by atoms with Gasteiger partial charge in [0.15, 0.2) is 0 Å². The Labute approximate surface area is 137 Å². The maximum Gasteiger partial charge on any atom is 0 e. The minimum Gasteiger partial charge on any atom is 0 e. The zero-order valence-corrected chi connectivity index (χ0v) is 12.8. The Hall–Kier alpha value is -1.08. The first-order valence-electron chi connectivity index (χ1n) is 5.72. The smallest absolute Gasteiger partial charge is 0 e. The fraction of sp³-hybridized carbons (Fsp3) is 0.250. The van der Waals surface area contributed by atoms with Crippen LogP contribution in [0.5, 0.6) is 0 Å². The molecule has 0 amide bonds. The van der Waals surface area contributed by atoms with Crippen molar-refractivity contribution in [1.82, 2.24) is 0 Å². The van der Waals surface area contributed by atoms with Crippen LogP contribution in [0.2, 0.25) is 0 Å². The Morgan fingerprint density at radius 3 is 1.95 bits per heavy atom. The van der Waals surface area contributed by atoms with E-state index in [1.807, 2.05) is 36.8 Å². The van der Waals surface area contributed by atoms with Crippen molar-refractivity contribution in [3.8, 4) is 0 Å². The second-order valence-corrected chi connectivity index (χ2v) is 3.34. The third-order valence-electron chi connectivity index (χ3n) is 2.05. The Bertz CT molecular complexity index is 332. The Morgan fingerprint density at radius 2 is 1.52 bits per heavy atom. The SMILES string of the molecule is CCCC[C](O)[CH][CH]c1ccccc1.[C-]#[O+].[C-]#[O+].[C-]#[O+].[Fe]. The molecule has 1 N–H and O–H groups in total. The molecule has 0 aliphatic heterocycles. The van der Waals surface area contributed by atoms with E-state index in [0.717, 1.165) is 24.8 Å². The van der Waals surface area contributed by atoms with Crippen LogP contribution in [0, 0.1) is 38.9 Å². The summed E-state index contributed by atoms with van der Waals surface area (Å²) in [5.74, 6) is 0. The first-order chi connectivity index (χ1) is 9.83. The number of benzene rings is 1. The molecule has 0 aromatic heterocycles. The Morgan fingerprint density at radius 1 is 1.05 bits per heavy atom. The number of rotatable bonds is 6. The van der Waals surface area contributed by atoms with E-state index in [0.29, 0.717) is 6.10 Å². The van der Waals surface area contributed by atoms with Gasteiger partial charge in [0.05, 0.1) is 6.10 Å². The van der Waals surface area contributed by atoms with E-state index in [9.17, 15) is 5.11 Å². The minimum atomic E-state index is 0. The van der Waals surface area contributed by atoms with Gasteiger partial charge in [0, 0.05) is 23.5 Å². The molecule has 0 bridgehead atoms. The van der Waals surface area contributed by atoms with Crippen LogP contribution in [0.25, 0.3) is 0 Å². The van der Waals surface area contributed by atoms with Crippen LogP contribution in [0.15, 0.2) is 30.3 Å². The predicted octanol–water partition coefficient (Wildman–Crippen LogP) is 3.42. The normalized spacial score (nSPS) is 7.48. The quantitative estimate of drug-likeness (QED) is 0.484. The summed E-state index contributed by atoms with van der Waals surface area (Å²) in [5, 5.41) is 9.47. The van der Waals surface area contributed by atoms with Crippen LogP contribution in [0.3, 0.4) is 0 Å². The van der Waals surface area contributed by atoms with Crippen molar-refractivity contribution in [1.29, 1.82) is 0 Å². The third kappa shape index (κ3) is 21.4. The van der Waals surface area contributed by atoms with Crippen LogP contribution in [0.4, 0.5) is 0 Å². The molecule has 0 aliphatic carbocycles. The summed E-state index contributed by atoms with van der Waals surface area (Å²) in [6, 6.07) is 10.00. The fourth-order valence-corrected chi connectivity index (χ4v) is 1.20. The van der Waals surface area contributed by atoms with Gasteiger partial charge in [-0.1, -0.05) is 50.1 Å². The van der Waals surface area contributed by atoms with Gasteiger partial charge in [-0.2, -0.15) is 0 Å². The molecular formula is C16H17FeO4. The molecule has 0 aliphatic rings. The average molecular weight is 329 g/mol. The average Bonchev–Trinajstić information content (AvgIpc) is 2.57. The van der Waals surface area contributed by atoms with E-state index < -0.39 is 0 Å². The topological polar surface area (TPSA) is 79.9 Å². The Balaban J connectivity index is -0.000000183. The summed E-state index contributed by atoms with van der Waals surface area (Å²) >= 11 is 0. The van der Waals surface area contributed by atoms with Crippen LogP contribution in [-0.4, -0.2) is 5.11 Å². The standard InChI is InChI=1S/C13H17O.3CO.Fe/c1-2-3-9-13(14)11-10-12-7-5-4-6-8-12;3*1-2;/h4-8,10-11,14H,2-3,9H2,1H3;;;;. The largest absolute Gasteiger partial charge is 0 e. The summed E-state index contributed by atoms with van der Waals surface area (Å²) in [5.41, 5.74) is 1.12. The molecule has 0 saturated carbocycles. The number of hydrogen-bond acceptors (Lipinski definition) is 1. The summed E-state index contributed by atoms with van der Waals surface area (Å²) in [6.07, 6.45) is 7.13. The maximum atomic E-state index is 9.47. The van der Waals surface area contributed by atoms with E-state index >= 15 is 0 Å². The molecule has 0 atom stereocenters. The summed E-state index contributed by atoms with van der Waals surface area (Å²) < 4.78 is 22.5. The summed E-state index contributed by atoms with van der Waals surface area (Å²) in [7, 11) is 0. The number of aliphatic hydroxyl groups excluding tert-OH is 1. The summed E-state index contributed by atoms with van der Waals surface area (Å²) in [6.45, 7) is 15.6. The van der Waals surface area contributed by atoms with Gasteiger partial charge in [-0.05, 0) is 18.4 Å². The molecule has 21 heavy (non-hydrogen) atoms. The van der Waals surface area contributed by atoms with Crippen LogP contribution in [-0.2, 0) is 31.0 Å². The molecule has 113 valence electrons. The molecule has 0 unspecified atom stereocenters. The van der Waals surface area contributed by atoms with Crippen molar-refractivity contribution in [2.45, 2.75) is 26.2 Å². The molecule has 0 fully saturated rings. The van der Waals surface area contributed by atoms with E-state index in [2.05, 4.69) is 26.9 Å². The zero-order chi connectivity index (χ0) is 16.2.